The Morgan fingerprint density at radius 2 is 0.527 bits per heavy atom. The minimum absolute atomic E-state index is 0.0934. The number of ether oxygens (including phenoxy) is 3. The number of hydrogen-bond donors (Lipinski definition) is 0. The Morgan fingerprint density at radius 1 is 0.284 bits per heavy atom. The maximum absolute atomic E-state index is 12.8. The molecule has 0 aromatic carbocycles. The minimum atomic E-state index is -0.795. The molecule has 0 aliphatic rings. The molecule has 0 N–H and O–H groups in total. The van der Waals surface area contributed by atoms with Crippen LogP contribution in [-0.4, -0.2) is 37.2 Å². The average Bonchev–Trinajstić information content (AvgIpc) is 3.40. The highest BCUT2D eigenvalue weighted by Crippen LogP contribution is 2.14. The van der Waals surface area contributed by atoms with Crippen molar-refractivity contribution in [1.29, 1.82) is 0 Å². The molecule has 1 unspecified atom stereocenters. The molecule has 0 spiro atoms. The molecule has 6 nitrogen and oxygen atoms in total. The molecule has 0 bridgehead atoms. The maximum Gasteiger partial charge on any atom is 0.306 e. The number of carbonyl (C=O) groups excluding carboxylic acids is 3. The van der Waals surface area contributed by atoms with Crippen LogP contribution in [0.25, 0.3) is 0 Å². The van der Waals surface area contributed by atoms with Crippen LogP contribution in [0.2, 0.25) is 0 Å². The highest BCUT2D eigenvalue weighted by Gasteiger charge is 2.19. The van der Waals surface area contributed by atoms with Crippen LogP contribution in [0.15, 0.2) is 134 Å². The van der Waals surface area contributed by atoms with Crippen molar-refractivity contribution in [1.82, 2.24) is 0 Å². The lowest BCUT2D eigenvalue weighted by Gasteiger charge is -2.18. The SMILES string of the molecule is CC/C=C\C/C=C\C/C=C\C/C=C\C/C=C\C/C=C\C/C=C\C/C=C\C/C=C\CCCCCC(=O)OCC(COC(=O)CCCCCCCC)OC(=O)CCCCCCCCCCC/C=C\C/C=C\CCCCC. The van der Waals surface area contributed by atoms with Crippen LogP contribution in [-0.2, 0) is 28.6 Å². The van der Waals surface area contributed by atoms with E-state index in [1.54, 1.807) is 0 Å². The average molecular weight is 1020 g/mol. The molecule has 74 heavy (non-hydrogen) atoms. The standard InChI is InChI=1S/C68H110O6/c1-4-7-10-13-16-18-20-22-24-26-28-29-30-31-32-33-34-35-36-37-38-39-41-42-44-46-48-50-52-55-58-61-67(70)73-64-65(63-72-66(69)60-57-54-15-12-9-6-3)74-68(71)62-59-56-53-51-49-47-45-43-40-27-25-23-21-19-17-14-11-8-5-2/h7,10,16-19,22-25,28-29,31-32,34-35,37-38,41-42,46,48,65H,4-6,8-9,11-15,20-21,26-27,30,33,36,39-40,43-45,47,49-64H2,1-3H3/b10-7-,18-16-,19-17-,24-22-,25-23-,29-28-,32-31-,35-34-,38-37-,42-41-,48-46-. The third-order valence-corrected chi connectivity index (χ3v) is 12.4. The number of carbonyl (C=O) groups is 3. The monoisotopic (exact) mass is 1020 g/mol. The molecule has 0 saturated carbocycles. The Labute approximate surface area is 455 Å². The van der Waals surface area contributed by atoms with E-state index >= 15 is 0 Å². The van der Waals surface area contributed by atoms with Crippen LogP contribution in [0.5, 0.6) is 0 Å². The summed E-state index contributed by atoms with van der Waals surface area (Å²) in [6.45, 7) is 6.40. The Bertz CT molecular complexity index is 1600. The Hall–Kier alpha value is -4.45. The number of esters is 3. The highest BCUT2D eigenvalue weighted by atomic mass is 16.6. The van der Waals surface area contributed by atoms with Crippen molar-refractivity contribution in [3.63, 3.8) is 0 Å². The third-order valence-electron chi connectivity index (χ3n) is 12.4. The van der Waals surface area contributed by atoms with Gasteiger partial charge < -0.3 is 14.2 Å². The largest absolute Gasteiger partial charge is 0.462 e. The highest BCUT2D eigenvalue weighted by molar-refractivity contribution is 5.71. The first-order chi connectivity index (χ1) is 36.5. The first-order valence-electron chi connectivity index (χ1n) is 30.2. The van der Waals surface area contributed by atoms with Gasteiger partial charge in [-0.05, 0) is 122 Å². The van der Waals surface area contributed by atoms with Crippen LogP contribution in [0.4, 0.5) is 0 Å². The van der Waals surface area contributed by atoms with Gasteiger partial charge in [0.1, 0.15) is 13.2 Å². The van der Waals surface area contributed by atoms with E-state index in [1.807, 2.05) is 0 Å². The first-order valence-corrected chi connectivity index (χ1v) is 30.2. The zero-order chi connectivity index (χ0) is 53.6. The van der Waals surface area contributed by atoms with Crippen LogP contribution < -0.4 is 0 Å². The normalized spacial score (nSPS) is 13.1. The van der Waals surface area contributed by atoms with Crippen molar-refractivity contribution in [2.24, 2.45) is 0 Å². The quantitative estimate of drug-likeness (QED) is 0.0261. The van der Waals surface area contributed by atoms with Crippen molar-refractivity contribution in [2.45, 2.75) is 264 Å². The topological polar surface area (TPSA) is 78.9 Å². The van der Waals surface area contributed by atoms with Gasteiger partial charge in [0, 0.05) is 19.3 Å². The lowest BCUT2D eigenvalue weighted by molar-refractivity contribution is -0.167. The van der Waals surface area contributed by atoms with Crippen molar-refractivity contribution >= 4 is 17.9 Å². The van der Waals surface area contributed by atoms with Gasteiger partial charge in [0.2, 0.25) is 0 Å². The van der Waals surface area contributed by atoms with Gasteiger partial charge >= 0.3 is 17.9 Å². The number of allylic oxidation sites excluding steroid dienone is 22. The molecule has 0 radical (unpaired) electrons. The summed E-state index contributed by atoms with van der Waals surface area (Å²) in [5.41, 5.74) is 0. The van der Waals surface area contributed by atoms with Crippen molar-refractivity contribution < 1.29 is 28.6 Å². The molecule has 0 aromatic rings. The van der Waals surface area contributed by atoms with Gasteiger partial charge in [0.15, 0.2) is 6.10 Å². The van der Waals surface area contributed by atoms with E-state index in [1.165, 1.54) is 89.9 Å². The summed E-state index contributed by atoms with van der Waals surface area (Å²) in [4.78, 5) is 37.9. The van der Waals surface area contributed by atoms with Gasteiger partial charge in [-0.15, -0.1) is 0 Å². The minimum Gasteiger partial charge on any atom is -0.462 e. The lowest BCUT2D eigenvalue weighted by Crippen LogP contribution is -2.30. The molecular formula is C68H110O6. The Morgan fingerprint density at radius 3 is 0.865 bits per heavy atom. The predicted octanol–water partition coefficient (Wildman–Crippen LogP) is 20.6. The van der Waals surface area contributed by atoms with E-state index in [-0.39, 0.29) is 31.1 Å². The molecule has 6 heteroatoms. The maximum atomic E-state index is 12.8. The first kappa shape index (κ1) is 69.5. The smallest absolute Gasteiger partial charge is 0.306 e. The Balaban J connectivity index is 4.23. The van der Waals surface area contributed by atoms with Gasteiger partial charge in [0.05, 0.1) is 0 Å². The molecule has 0 aliphatic heterocycles. The summed E-state index contributed by atoms with van der Waals surface area (Å²) < 4.78 is 16.7. The molecule has 0 saturated heterocycles. The van der Waals surface area contributed by atoms with E-state index < -0.39 is 6.10 Å². The van der Waals surface area contributed by atoms with Crippen LogP contribution in [0.1, 0.15) is 258 Å². The second kappa shape index (κ2) is 61.1. The molecule has 0 heterocycles. The fourth-order valence-electron chi connectivity index (χ4n) is 7.88. The van der Waals surface area contributed by atoms with Crippen LogP contribution >= 0.6 is 0 Å². The van der Waals surface area contributed by atoms with E-state index in [4.69, 9.17) is 14.2 Å². The van der Waals surface area contributed by atoms with E-state index in [2.05, 4.69) is 154 Å². The van der Waals surface area contributed by atoms with Crippen LogP contribution in [0.3, 0.4) is 0 Å². The van der Waals surface area contributed by atoms with Gasteiger partial charge in [0.25, 0.3) is 0 Å². The molecule has 0 rings (SSSR count). The summed E-state index contributed by atoms with van der Waals surface area (Å²) in [6, 6.07) is 0. The van der Waals surface area contributed by atoms with E-state index in [0.717, 1.165) is 128 Å². The predicted molar refractivity (Wildman–Crippen MR) is 320 cm³/mol. The molecule has 0 aromatic heterocycles. The molecule has 0 fully saturated rings. The molecule has 1 atom stereocenters. The number of unbranched alkanes of at least 4 members (excludes halogenated alkanes) is 20. The van der Waals surface area contributed by atoms with E-state index in [0.29, 0.717) is 19.3 Å². The van der Waals surface area contributed by atoms with Crippen LogP contribution in [0, 0.1) is 0 Å². The van der Waals surface area contributed by atoms with E-state index in [9.17, 15) is 14.4 Å². The molecule has 0 amide bonds. The number of rotatable bonds is 53. The second-order valence-electron chi connectivity index (χ2n) is 19.5. The van der Waals surface area contributed by atoms with Crippen molar-refractivity contribution in [2.75, 3.05) is 13.2 Å². The van der Waals surface area contributed by atoms with Gasteiger partial charge in [-0.25, -0.2) is 0 Å². The third kappa shape index (κ3) is 58.4. The molecular weight excluding hydrogens is 913 g/mol. The summed E-state index contributed by atoms with van der Waals surface area (Å²) in [6.07, 6.45) is 86.2. The molecule has 0 aliphatic carbocycles. The number of hydrogen-bond acceptors (Lipinski definition) is 6. The fraction of sp³-hybridized carbons (Fsp3) is 0.632. The summed E-state index contributed by atoms with van der Waals surface area (Å²) in [7, 11) is 0. The fourth-order valence-corrected chi connectivity index (χ4v) is 7.88. The van der Waals surface area contributed by atoms with Gasteiger partial charge in [-0.3, -0.25) is 14.4 Å². The van der Waals surface area contributed by atoms with Gasteiger partial charge in [-0.2, -0.15) is 0 Å². The lowest BCUT2D eigenvalue weighted by atomic mass is 10.1. The summed E-state index contributed by atoms with van der Waals surface area (Å²) in [5.74, 6) is -0.945. The zero-order valence-corrected chi connectivity index (χ0v) is 47.8. The van der Waals surface area contributed by atoms with Crippen molar-refractivity contribution in [3.05, 3.63) is 134 Å². The second-order valence-corrected chi connectivity index (χ2v) is 19.5. The summed E-state index contributed by atoms with van der Waals surface area (Å²) >= 11 is 0. The van der Waals surface area contributed by atoms with Gasteiger partial charge in [-0.1, -0.05) is 251 Å². The Kier molecular flexibility index (Phi) is 57.4. The zero-order valence-electron chi connectivity index (χ0n) is 47.8. The summed E-state index contributed by atoms with van der Waals surface area (Å²) in [5, 5.41) is 0. The van der Waals surface area contributed by atoms with Crippen molar-refractivity contribution in [3.8, 4) is 0 Å². The molecule has 418 valence electrons.